The number of aliphatic carboxylic acids is 5. The van der Waals surface area contributed by atoms with Gasteiger partial charge in [0.05, 0.1) is 13.1 Å². The highest BCUT2D eigenvalue weighted by atomic mass is 16.4. The summed E-state index contributed by atoms with van der Waals surface area (Å²) in [6, 6.07) is -3.81. The summed E-state index contributed by atoms with van der Waals surface area (Å²) >= 11 is 0. The second-order valence-corrected chi connectivity index (χ2v) is 13.2. The Kier molecular flexibility index (Phi) is 21.1. The number of amides is 3. The van der Waals surface area contributed by atoms with Crippen LogP contribution in [-0.2, 0) is 54.9 Å². The van der Waals surface area contributed by atoms with Crippen molar-refractivity contribution in [2.75, 3.05) is 13.1 Å². The lowest BCUT2D eigenvalue weighted by atomic mass is 10.1. The maximum absolute atomic E-state index is 12.2. The largest absolute Gasteiger partial charge is 0.481 e. The van der Waals surface area contributed by atoms with Gasteiger partial charge in [0.15, 0.2) is 0 Å². The van der Waals surface area contributed by atoms with E-state index in [0.29, 0.717) is 57.1 Å². The van der Waals surface area contributed by atoms with E-state index in [1.54, 1.807) is 33.9 Å². The molecule has 0 unspecified atom stereocenters. The van der Waals surface area contributed by atoms with Crippen LogP contribution in [0, 0.1) is 0 Å². The van der Waals surface area contributed by atoms with Crippen LogP contribution >= 0.6 is 0 Å². The number of carboxylic acids is 5. The molecule has 0 saturated carbocycles. The molecule has 0 fully saturated rings. The number of carboxylic acid groups (broad SMARTS) is 5. The lowest BCUT2D eigenvalue weighted by Gasteiger charge is -2.22. The second kappa shape index (κ2) is 25.5. The Bertz CT molecular complexity index is 1490. The predicted molar refractivity (Wildman–Crippen MR) is 194 cm³/mol. The van der Waals surface area contributed by atoms with Crippen LogP contribution < -0.4 is 16.0 Å². The molecule has 0 spiro atoms. The number of unbranched alkanes of at least 4 members (excludes halogenated alkanes) is 8. The topological polar surface area (TPSA) is 296 Å². The zero-order valence-electron chi connectivity index (χ0n) is 30.9. The first-order valence-corrected chi connectivity index (χ1v) is 18.4. The highest BCUT2D eigenvalue weighted by Crippen LogP contribution is 2.14. The van der Waals surface area contributed by atoms with Crippen molar-refractivity contribution < 1.29 is 59.1 Å². The van der Waals surface area contributed by atoms with Crippen molar-refractivity contribution in [1.29, 1.82) is 0 Å². The van der Waals surface area contributed by atoms with Gasteiger partial charge in [0.1, 0.15) is 36.8 Å². The van der Waals surface area contributed by atoms with Crippen molar-refractivity contribution >= 4 is 41.8 Å². The third-order valence-electron chi connectivity index (χ3n) is 8.67. The summed E-state index contributed by atoms with van der Waals surface area (Å²) < 4.78 is 3.15. The van der Waals surface area contributed by atoms with Crippen LogP contribution in [0.3, 0.4) is 0 Å². The average molecular weight is 779 g/mol. The van der Waals surface area contributed by atoms with E-state index in [4.69, 9.17) is 10.2 Å². The number of hydrogen-bond acceptors (Lipinski definition) is 10. The zero-order valence-corrected chi connectivity index (χ0v) is 30.9. The highest BCUT2D eigenvalue weighted by Gasteiger charge is 2.25. The van der Waals surface area contributed by atoms with E-state index in [-0.39, 0.29) is 31.8 Å². The van der Waals surface area contributed by atoms with Gasteiger partial charge in [-0.2, -0.15) is 0 Å². The Morgan fingerprint density at radius 2 is 1.09 bits per heavy atom. The van der Waals surface area contributed by atoms with E-state index in [1.807, 2.05) is 0 Å². The number of carbonyl (C=O) groups excluding carboxylic acids is 2. The minimum absolute atomic E-state index is 0.0470. The molecule has 0 aliphatic carbocycles. The number of hydrogen-bond donors (Lipinski definition) is 8. The molecule has 2 rings (SSSR count). The summed E-state index contributed by atoms with van der Waals surface area (Å²) in [6.07, 6.45) is 14.3. The van der Waals surface area contributed by atoms with Gasteiger partial charge in [-0.3, -0.25) is 24.1 Å². The van der Waals surface area contributed by atoms with E-state index in [0.717, 1.165) is 51.4 Å². The molecule has 0 saturated heterocycles. The Morgan fingerprint density at radius 3 is 1.58 bits per heavy atom. The molecule has 3 amide bonds. The third kappa shape index (κ3) is 19.9. The van der Waals surface area contributed by atoms with Crippen molar-refractivity contribution in [3.63, 3.8) is 0 Å². The molecular weight excluding hydrogens is 724 g/mol. The SMILES string of the molecule is O=C(O)CC[C@H](NC(=O)N[C@H](CCCCNC(=O)CCCCCCCCCCN(Cc1nccn1CC(=O)O)Cc1nccn1CC(=O)O)C(=O)O)C(=O)O. The Hall–Kier alpha value is -5.53. The normalized spacial score (nSPS) is 12.2. The molecule has 2 heterocycles. The maximum atomic E-state index is 12.2. The van der Waals surface area contributed by atoms with Crippen LogP contribution in [0.5, 0.6) is 0 Å². The van der Waals surface area contributed by atoms with E-state index < -0.39 is 54.4 Å². The lowest BCUT2D eigenvalue weighted by Crippen LogP contribution is -2.51. The fraction of sp³-hybridized carbons (Fsp3) is 0.629. The number of nitrogens with zero attached hydrogens (tertiary/aromatic N) is 5. The molecule has 0 radical (unpaired) electrons. The second-order valence-electron chi connectivity index (χ2n) is 13.2. The van der Waals surface area contributed by atoms with E-state index in [9.17, 15) is 48.9 Å². The van der Waals surface area contributed by atoms with E-state index in [2.05, 4.69) is 30.8 Å². The average Bonchev–Trinajstić information content (AvgIpc) is 3.73. The molecule has 0 aliphatic heterocycles. The smallest absolute Gasteiger partial charge is 0.326 e. The first kappa shape index (κ1) is 45.6. The summed E-state index contributed by atoms with van der Waals surface area (Å²) in [6.45, 7) is 1.38. The Labute approximate surface area is 318 Å². The molecule has 306 valence electrons. The zero-order chi connectivity index (χ0) is 40.6. The summed E-state index contributed by atoms with van der Waals surface area (Å²) in [5.41, 5.74) is 0. The van der Waals surface area contributed by atoms with Crippen molar-refractivity contribution in [2.45, 2.75) is 128 Å². The molecule has 2 atom stereocenters. The van der Waals surface area contributed by atoms with Gasteiger partial charge in [-0.1, -0.05) is 38.5 Å². The first-order chi connectivity index (χ1) is 26.2. The van der Waals surface area contributed by atoms with Crippen molar-refractivity contribution in [1.82, 2.24) is 40.0 Å². The summed E-state index contributed by atoms with van der Waals surface area (Å²) in [7, 11) is 0. The molecule has 8 N–H and O–H groups in total. The van der Waals surface area contributed by atoms with Crippen LogP contribution in [0.1, 0.15) is 102 Å². The number of aromatic nitrogens is 4. The Balaban J connectivity index is 1.60. The van der Waals surface area contributed by atoms with Gasteiger partial charge in [-0.15, -0.1) is 0 Å². The predicted octanol–water partition coefficient (Wildman–Crippen LogP) is 2.12. The van der Waals surface area contributed by atoms with E-state index >= 15 is 0 Å². The number of urea groups is 1. The molecule has 20 heteroatoms. The number of nitrogens with one attached hydrogen (secondary N) is 3. The fourth-order valence-corrected chi connectivity index (χ4v) is 5.79. The van der Waals surface area contributed by atoms with Gasteiger partial charge >= 0.3 is 35.9 Å². The van der Waals surface area contributed by atoms with Crippen molar-refractivity contribution in [2.24, 2.45) is 0 Å². The fourth-order valence-electron chi connectivity index (χ4n) is 5.79. The quantitative estimate of drug-likeness (QED) is 0.0509. The molecule has 0 aliphatic rings. The number of imidazole rings is 2. The number of rotatable bonds is 31. The van der Waals surface area contributed by atoms with E-state index in [1.165, 1.54) is 0 Å². The lowest BCUT2D eigenvalue weighted by molar-refractivity contribution is -0.141. The van der Waals surface area contributed by atoms with Crippen LogP contribution in [0.15, 0.2) is 24.8 Å². The van der Waals surface area contributed by atoms with Gasteiger partial charge in [-0.05, 0) is 45.1 Å². The standard InChI is InChI=1S/C35H54N8O12/c44-29(38-15-9-8-11-25(33(51)52)39-35(55)40-26(34(53)54)13-14-30(45)46)12-7-5-3-1-2-4-6-10-18-41(21-27-36-16-19-42(27)23-31(47)48)22-28-37-17-20-43(28)24-32(49)50/h16-17,19-20,25-26H,1-15,18,21-24H2,(H,38,44)(H,45,46)(H,47,48)(H,49,50)(H,51,52)(H,53,54)(H2,39,40,55)/t25-,26+/m1/s1. The van der Waals surface area contributed by atoms with Crippen LogP contribution in [0.2, 0.25) is 0 Å². The third-order valence-corrected chi connectivity index (χ3v) is 8.67. The van der Waals surface area contributed by atoms with Gasteiger partial charge in [-0.25, -0.2) is 24.4 Å². The minimum atomic E-state index is -1.48. The van der Waals surface area contributed by atoms with Gasteiger partial charge in [0, 0.05) is 44.2 Å². The molecular formula is C35H54N8O12. The van der Waals surface area contributed by atoms with Crippen LogP contribution in [-0.4, -0.2) is 116 Å². The monoisotopic (exact) mass is 778 g/mol. The Morgan fingerprint density at radius 1 is 0.600 bits per heavy atom. The minimum Gasteiger partial charge on any atom is -0.481 e. The van der Waals surface area contributed by atoms with Gasteiger partial charge in [0.2, 0.25) is 5.91 Å². The van der Waals surface area contributed by atoms with Crippen molar-refractivity contribution in [3.05, 3.63) is 36.4 Å². The van der Waals surface area contributed by atoms with Gasteiger partial charge in [0.25, 0.3) is 0 Å². The highest BCUT2D eigenvalue weighted by molar-refractivity contribution is 5.86. The molecule has 55 heavy (non-hydrogen) atoms. The van der Waals surface area contributed by atoms with Crippen LogP contribution in [0.25, 0.3) is 0 Å². The summed E-state index contributed by atoms with van der Waals surface area (Å²) in [5.74, 6) is -4.83. The van der Waals surface area contributed by atoms with Crippen LogP contribution in [0.4, 0.5) is 4.79 Å². The molecule has 2 aromatic rings. The molecule has 20 nitrogen and oxygen atoms in total. The molecule has 0 aromatic carbocycles. The molecule has 0 bridgehead atoms. The summed E-state index contributed by atoms with van der Waals surface area (Å²) in [5, 5.41) is 52.8. The van der Waals surface area contributed by atoms with Gasteiger partial charge < -0.3 is 50.6 Å². The number of carbonyl (C=O) groups is 7. The first-order valence-electron chi connectivity index (χ1n) is 18.4. The maximum Gasteiger partial charge on any atom is 0.326 e. The van der Waals surface area contributed by atoms with Crippen molar-refractivity contribution in [3.8, 4) is 0 Å². The molecule has 2 aromatic heterocycles. The summed E-state index contributed by atoms with van der Waals surface area (Å²) in [4.78, 5) is 91.1.